The summed E-state index contributed by atoms with van der Waals surface area (Å²) in [6, 6.07) is 22.7. The quantitative estimate of drug-likeness (QED) is 0.268. The Kier molecular flexibility index (Phi) is 8.01. The van der Waals surface area contributed by atoms with E-state index in [4.69, 9.17) is 4.74 Å². The topological polar surface area (TPSA) is 99.5 Å². The maximum Gasteiger partial charge on any atom is 0.338 e. The molecule has 1 saturated heterocycles. The summed E-state index contributed by atoms with van der Waals surface area (Å²) in [4.78, 5) is 39.9. The molecule has 1 atom stereocenters. The van der Waals surface area contributed by atoms with Crippen molar-refractivity contribution in [2.75, 3.05) is 16.8 Å². The molecule has 2 amide bonds. The summed E-state index contributed by atoms with van der Waals surface area (Å²) in [6.45, 7) is 1.95. The number of amides is 2. The fraction of sp³-hybridized carbons (Fsp3) is 0.143. The Morgan fingerprint density at radius 1 is 1.05 bits per heavy atom. The molecule has 7 nitrogen and oxygen atoms in total. The zero-order chi connectivity index (χ0) is 26.4. The van der Waals surface area contributed by atoms with Crippen molar-refractivity contribution in [3.05, 3.63) is 106 Å². The van der Waals surface area contributed by atoms with Crippen LogP contribution >= 0.6 is 11.8 Å². The van der Waals surface area contributed by atoms with Gasteiger partial charge in [0.2, 0.25) is 5.91 Å². The molecule has 3 aromatic carbocycles. The summed E-state index contributed by atoms with van der Waals surface area (Å²) >= 11 is 1.12. The van der Waals surface area contributed by atoms with E-state index in [-0.39, 0.29) is 28.9 Å². The van der Waals surface area contributed by atoms with Gasteiger partial charge >= 0.3 is 5.97 Å². The summed E-state index contributed by atoms with van der Waals surface area (Å²) in [7, 11) is 0. The van der Waals surface area contributed by atoms with Crippen molar-refractivity contribution in [1.29, 1.82) is 5.26 Å². The van der Waals surface area contributed by atoms with Gasteiger partial charge in [0.05, 0.1) is 17.4 Å². The number of anilines is 2. The van der Waals surface area contributed by atoms with Gasteiger partial charge in [0.1, 0.15) is 22.5 Å². The summed E-state index contributed by atoms with van der Waals surface area (Å²) in [5.74, 6) is -1.83. The molecule has 0 saturated carbocycles. The van der Waals surface area contributed by atoms with Gasteiger partial charge in [-0.15, -0.1) is 0 Å². The van der Waals surface area contributed by atoms with Crippen LogP contribution in [0.25, 0.3) is 0 Å². The van der Waals surface area contributed by atoms with Crippen LogP contribution in [0.3, 0.4) is 0 Å². The molecule has 3 aromatic rings. The van der Waals surface area contributed by atoms with Crippen LogP contribution in [0.15, 0.2) is 89.5 Å². The van der Waals surface area contributed by atoms with E-state index in [0.717, 1.165) is 17.3 Å². The van der Waals surface area contributed by atoms with Gasteiger partial charge in [-0.05, 0) is 67.4 Å². The van der Waals surface area contributed by atoms with E-state index in [0.29, 0.717) is 23.4 Å². The number of halogens is 1. The third-order valence-corrected chi connectivity index (χ3v) is 6.77. The van der Waals surface area contributed by atoms with Gasteiger partial charge in [-0.1, -0.05) is 42.1 Å². The average molecular weight is 516 g/mol. The van der Waals surface area contributed by atoms with Crippen LogP contribution in [0.2, 0.25) is 0 Å². The number of para-hydroxylation sites is 1. The van der Waals surface area contributed by atoms with Crippen LogP contribution in [0, 0.1) is 17.1 Å². The number of esters is 1. The van der Waals surface area contributed by atoms with Crippen molar-refractivity contribution >= 4 is 40.9 Å². The molecule has 9 heteroatoms. The molecule has 1 heterocycles. The van der Waals surface area contributed by atoms with Crippen molar-refractivity contribution in [1.82, 2.24) is 0 Å². The lowest BCUT2D eigenvalue weighted by molar-refractivity contribution is -0.117. The van der Waals surface area contributed by atoms with Crippen LogP contribution in [-0.2, 0) is 20.7 Å². The van der Waals surface area contributed by atoms with Crippen molar-refractivity contribution in [3.63, 3.8) is 0 Å². The van der Waals surface area contributed by atoms with Gasteiger partial charge in [-0.2, -0.15) is 5.26 Å². The number of hydrogen-bond donors (Lipinski definition) is 1. The zero-order valence-electron chi connectivity index (χ0n) is 19.8. The average Bonchev–Trinajstić information content (AvgIpc) is 3.22. The molecule has 0 radical (unpaired) electrons. The lowest BCUT2D eigenvalue weighted by atomic mass is 10.1. The number of nitrogens with zero attached hydrogens (tertiary/aromatic N) is 2. The lowest BCUT2D eigenvalue weighted by Gasteiger charge is -2.18. The van der Waals surface area contributed by atoms with Crippen molar-refractivity contribution in [3.8, 4) is 6.07 Å². The minimum Gasteiger partial charge on any atom is -0.462 e. The second-order valence-corrected chi connectivity index (χ2v) is 9.18. The number of carbonyl (C=O) groups is 3. The Morgan fingerprint density at radius 3 is 2.35 bits per heavy atom. The van der Waals surface area contributed by atoms with E-state index in [1.165, 1.54) is 41.3 Å². The van der Waals surface area contributed by atoms with Crippen LogP contribution in [0.1, 0.15) is 22.8 Å². The first kappa shape index (κ1) is 25.7. The second kappa shape index (κ2) is 11.5. The predicted octanol–water partition coefficient (Wildman–Crippen LogP) is 5.07. The third-order valence-electron chi connectivity index (χ3n) is 5.51. The first-order valence-corrected chi connectivity index (χ1v) is 12.3. The van der Waals surface area contributed by atoms with Gasteiger partial charge in [0, 0.05) is 11.4 Å². The van der Waals surface area contributed by atoms with Crippen LogP contribution in [-0.4, -0.2) is 29.6 Å². The van der Waals surface area contributed by atoms with E-state index >= 15 is 0 Å². The lowest BCUT2D eigenvalue weighted by Crippen LogP contribution is -2.30. The number of rotatable bonds is 7. The highest BCUT2D eigenvalue weighted by atomic mass is 32.2. The first-order valence-electron chi connectivity index (χ1n) is 11.4. The van der Waals surface area contributed by atoms with E-state index < -0.39 is 17.1 Å². The van der Waals surface area contributed by atoms with Gasteiger partial charge in [-0.25, -0.2) is 9.18 Å². The van der Waals surface area contributed by atoms with E-state index in [9.17, 15) is 24.0 Å². The third kappa shape index (κ3) is 5.88. The monoisotopic (exact) mass is 515 g/mol. The maximum atomic E-state index is 13.5. The van der Waals surface area contributed by atoms with Gasteiger partial charge in [0.15, 0.2) is 0 Å². The van der Waals surface area contributed by atoms with Crippen LogP contribution in [0.5, 0.6) is 0 Å². The fourth-order valence-electron chi connectivity index (χ4n) is 3.73. The van der Waals surface area contributed by atoms with E-state index in [1.54, 1.807) is 49.4 Å². The number of nitriles is 1. The SMILES string of the molecule is CCOC(=O)c1ccc(NC(=O)C(C#N)=C2SC(Cc3ccc(F)cc3)C(=O)N2c2ccccc2)cc1. The second-order valence-electron chi connectivity index (χ2n) is 7.99. The molecule has 1 unspecified atom stereocenters. The number of hydrogen-bond acceptors (Lipinski definition) is 6. The van der Waals surface area contributed by atoms with Gasteiger partial charge in [-0.3, -0.25) is 14.5 Å². The minimum atomic E-state index is -0.690. The Hall–Kier alpha value is -4.42. The molecule has 186 valence electrons. The first-order chi connectivity index (χ1) is 17.9. The van der Waals surface area contributed by atoms with Gasteiger partial charge < -0.3 is 10.1 Å². The van der Waals surface area contributed by atoms with Crippen molar-refractivity contribution in [2.24, 2.45) is 0 Å². The molecule has 1 N–H and O–H groups in total. The van der Waals surface area contributed by atoms with E-state index in [2.05, 4.69) is 5.32 Å². The van der Waals surface area contributed by atoms with Crippen molar-refractivity contribution < 1.29 is 23.5 Å². The molecule has 4 rings (SSSR count). The Labute approximate surface area is 217 Å². The number of ether oxygens (including phenoxy) is 1. The Bertz CT molecular complexity index is 1380. The molecular formula is C28H22FN3O4S. The normalized spacial score (nSPS) is 16.2. The highest BCUT2D eigenvalue weighted by Gasteiger charge is 2.40. The standard InChI is InChI=1S/C28H22FN3O4S/c1-2-36-28(35)19-10-14-21(15-11-19)31-25(33)23(17-30)27-32(22-6-4-3-5-7-22)26(34)24(37-27)16-18-8-12-20(29)13-9-18/h3-15,24H,2,16H2,1H3,(H,31,33). The number of nitrogens with one attached hydrogen (secondary N) is 1. The van der Waals surface area contributed by atoms with Crippen LogP contribution < -0.4 is 10.2 Å². The minimum absolute atomic E-state index is 0.214. The summed E-state index contributed by atoms with van der Waals surface area (Å²) in [5, 5.41) is 12.2. The smallest absolute Gasteiger partial charge is 0.338 e. The zero-order valence-corrected chi connectivity index (χ0v) is 20.6. The van der Waals surface area contributed by atoms with E-state index in [1.807, 2.05) is 6.07 Å². The molecule has 0 spiro atoms. The molecule has 37 heavy (non-hydrogen) atoms. The number of benzene rings is 3. The largest absolute Gasteiger partial charge is 0.462 e. The molecule has 0 aromatic heterocycles. The highest BCUT2D eigenvalue weighted by molar-refractivity contribution is 8.05. The number of thioether (sulfide) groups is 1. The van der Waals surface area contributed by atoms with Crippen molar-refractivity contribution in [2.45, 2.75) is 18.6 Å². The summed E-state index contributed by atoms with van der Waals surface area (Å²) in [5.41, 5.74) is 1.75. The molecule has 1 aliphatic rings. The maximum absolute atomic E-state index is 13.5. The Balaban J connectivity index is 1.63. The molecule has 0 bridgehead atoms. The molecule has 1 aliphatic heterocycles. The summed E-state index contributed by atoms with van der Waals surface area (Å²) < 4.78 is 18.3. The highest BCUT2D eigenvalue weighted by Crippen LogP contribution is 2.42. The van der Waals surface area contributed by atoms with Crippen LogP contribution in [0.4, 0.5) is 15.8 Å². The predicted molar refractivity (Wildman–Crippen MR) is 139 cm³/mol. The fourth-order valence-corrected chi connectivity index (χ4v) is 5.04. The molecule has 1 fully saturated rings. The molecular weight excluding hydrogens is 493 g/mol. The molecule has 0 aliphatic carbocycles. The number of carbonyl (C=O) groups excluding carboxylic acids is 3. The summed E-state index contributed by atoms with van der Waals surface area (Å²) in [6.07, 6.45) is 0.298. The van der Waals surface area contributed by atoms with Gasteiger partial charge in [0.25, 0.3) is 5.91 Å². The Morgan fingerprint density at radius 2 is 1.73 bits per heavy atom.